The van der Waals surface area contributed by atoms with Gasteiger partial charge in [0, 0.05) is 30.6 Å². The maximum absolute atomic E-state index is 11.1. The Morgan fingerprint density at radius 2 is 2.12 bits per heavy atom. The number of pyridine rings is 1. The fourth-order valence-electron chi connectivity index (χ4n) is 1.40. The first-order valence-corrected chi connectivity index (χ1v) is 4.62. The molecule has 6 nitrogen and oxygen atoms in total. The van der Waals surface area contributed by atoms with Crippen LogP contribution in [0.5, 0.6) is 0 Å². The molecule has 16 heavy (non-hydrogen) atoms. The molecule has 0 saturated heterocycles. The molecule has 0 aromatic carbocycles. The van der Waals surface area contributed by atoms with Crippen molar-refractivity contribution in [3.8, 4) is 11.1 Å². The maximum Gasteiger partial charge on any atom is 0.252 e. The molecule has 1 amide bonds. The maximum atomic E-state index is 11.1. The molecule has 0 radical (unpaired) electrons. The second-order valence-corrected chi connectivity index (χ2v) is 3.42. The normalized spacial score (nSPS) is 10.3. The van der Waals surface area contributed by atoms with Crippen molar-refractivity contribution in [2.45, 2.75) is 0 Å². The summed E-state index contributed by atoms with van der Waals surface area (Å²) in [4.78, 5) is 15.0. The number of aryl methyl sites for hydroxylation is 1. The lowest BCUT2D eigenvalue weighted by atomic mass is 10.1. The molecule has 82 valence electrons. The largest absolute Gasteiger partial charge is 0.383 e. The second-order valence-electron chi connectivity index (χ2n) is 3.42. The van der Waals surface area contributed by atoms with Gasteiger partial charge in [-0.3, -0.25) is 9.48 Å². The van der Waals surface area contributed by atoms with E-state index in [4.69, 9.17) is 11.5 Å². The summed E-state index contributed by atoms with van der Waals surface area (Å²) < 4.78 is 1.66. The fraction of sp³-hybridized carbons (Fsp3) is 0.100. The Labute approximate surface area is 91.9 Å². The molecule has 0 saturated carbocycles. The number of amides is 1. The predicted octanol–water partition coefficient (Wildman–Crippen LogP) is 0.163. The molecule has 6 heteroatoms. The Bertz CT molecular complexity index is 546. The molecule has 0 fully saturated rings. The monoisotopic (exact) mass is 217 g/mol. The number of hydrogen-bond acceptors (Lipinski definition) is 4. The van der Waals surface area contributed by atoms with E-state index in [9.17, 15) is 4.79 Å². The highest BCUT2D eigenvalue weighted by Gasteiger charge is 2.09. The molecule has 0 bridgehead atoms. The Hall–Kier alpha value is -2.37. The molecule has 4 N–H and O–H groups in total. The minimum absolute atomic E-state index is 0.139. The Morgan fingerprint density at radius 3 is 2.69 bits per heavy atom. The van der Waals surface area contributed by atoms with E-state index in [1.54, 1.807) is 23.1 Å². The molecule has 0 spiro atoms. The van der Waals surface area contributed by atoms with E-state index in [2.05, 4.69) is 10.1 Å². The van der Waals surface area contributed by atoms with E-state index < -0.39 is 5.91 Å². The molecule has 2 aromatic rings. The number of nitrogens with zero attached hydrogens (tertiary/aromatic N) is 3. The average Bonchev–Trinajstić information content (AvgIpc) is 2.65. The van der Waals surface area contributed by atoms with Crippen LogP contribution in [0.3, 0.4) is 0 Å². The zero-order valence-corrected chi connectivity index (χ0v) is 8.71. The quantitative estimate of drug-likeness (QED) is 0.748. The van der Waals surface area contributed by atoms with E-state index in [0.29, 0.717) is 0 Å². The van der Waals surface area contributed by atoms with E-state index in [1.165, 1.54) is 0 Å². The molecule has 2 rings (SSSR count). The number of primary amides is 1. The van der Waals surface area contributed by atoms with Gasteiger partial charge in [0.05, 0.1) is 11.8 Å². The van der Waals surface area contributed by atoms with E-state index in [-0.39, 0.29) is 11.4 Å². The van der Waals surface area contributed by atoms with Gasteiger partial charge >= 0.3 is 0 Å². The van der Waals surface area contributed by atoms with Crippen LogP contribution in [0.2, 0.25) is 0 Å². The van der Waals surface area contributed by atoms with Crippen LogP contribution in [0.1, 0.15) is 10.4 Å². The molecular formula is C10H11N5O. The summed E-state index contributed by atoms with van der Waals surface area (Å²) in [7, 11) is 1.81. The van der Waals surface area contributed by atoms with Crippen LogP contribution < -0.4 is 11.5 Å². The number of carbonyl (C=O) groups is 1. The number of nitrogens with two attached hydrogens (primary N) is 2. The predicted molar refractivity (Wildman–Crippen MR) is 59.4 cm³/mol. The van der Waals surface area contributed by atoms with Crippen molar-refractivity contribution < 1.29 is 4.79 Å². The zero-order chi connectivity index (χ0) is 11.7. The molecule has 2 heterocycles. The number of carbonyl (C=O) groups excluding carboxylic acids is 1. The Morgan fingerprint density at radius 1 is 1.38 bits per heavy atom. The van der Waals surface area contributed by atoms with Gasteiger partial charge in [-0.05, 0) is 6.07 Å². The highest BCUT2D eigenvalue weighted by atomic mass is 16.1. The lowest BCUT2D eigenvalue weighted by molar-refractivity contribution is 0.100. The third-order valence-corrected chi connectivity index (χ3v) is 2.22. The average molecular weight is 217 g/mol. The number of aromatic nitrogens is 3. The molecular weight excluding hydrogens is 206 g/mol. The summed E-state index contributed by atoms with van der Waals surface area (Å²) in [6.07, 6.45) is 5.08. The van der Waals surface area contributed by atoms with Gasteiger partial charge in [-0.1, -0.05) is 0 Å². The van der Waals surface area contributed by atoms with Crippen LogP contribution in [0.25, 0.3) is 11.1 Å². The fourth-order valence-corrected chi connectivity index (χ4v) is 1.40. The van der Waals surface area contributed by atoms with Gasteiger partial charge in [-0.2, -0.15) is 5.10 Å². The summed E-state index contributed by atoms with van der Waals surface area (Å²) in [5.74, 6) is -0.448. The first-order chi connectivity index (χ1) is 7.58. The van der Waals surface area contributed by atoms with Crippen LogP contribution in [0.15, 0.2) is 24.7 Å². The van der Waals surface area contributed by atoms with E-state index in [1.807, 2.05) is 13.2 Å². The lowest BCUT2D eigenvalue weighted by Crippen LogP contribution is -2.14. The number of anilines is 1. The number of rotatable bonds is 2. The summed E-state index contributed by atoms with van der Waals surface area (Å²) in [5.41, 5.74) is 12.6. The molecule has 2 aromatic heterocycles. The van der Waals surface area contributed by atoms with Crippen LogP contribution in [0, 0.1) is 0 Å². The Kier molecular flexibility index (Phi) is 2.32. The van der Waals surface area contributed by atoms with Crippen molar-refractivity contribution in [3.05, 3.63) is 30.2 Å². The topological polar surface area (TPSA) is 99.8 Å². The van der Waals surface area contributed by atoms with Crippen molar-refractivity contribution in [3.63, 3.8) is 0 Å². The zero-order valence-electron chi connectivity index (χ0n) is 8.71. The molecule has 0 aliphatic heterocycles. The molecule has 0 unspecified atom stereocenters. The first-order valence-electron chi connectivity index (χ1n) is 4.62. The lowest BCUT2D eigenvalue weighted by Gasteiger charge is -2.02. The second kappa shape index (κ2) is 3.65. The van der Waals surface area contributed by atoms with Gasteiger partial charge < -0.3 is 11.5 Å². The standard InChI is InChI=1S/C10H11N5O/c1-15-5-7(4-14-15)6-2-8(10(12)16)9(11)13-3-6/h2-5H,1H3,(H2,11,13)(H2,12,16). The van der Waals surface area contributed by atoms with Gasteiger partial charge in [0.1, 0.15) is 5.82 Å². The van der Waals surface area contributed by atoms with Crippen molar-refractivity contribution in [2.75, 3.05) is 5.73 Å². The van der Waals surface area contributed by atoms with Gasteiger partial charge in [-0.15, -0.1) is 0 Å². The molecule has 0 atom stereocenters. The van der Waals surface area contributed by atoms with Gasteiger partial charge in [0.25, 0.3) is 5.91 Å². The number of nitrogen functional groups attached to an aromatic ring is 1. The highest BCUT2D eigenvalue weighted by molar-refractivity contribution is 5.98. The van der Waals surface area contributed by atoms with Crippen LogP contribution in [0.4, 0.5) is 5.82 Å². The van der Waals surface area contributed by atoms with Crippen LogP contribution >= 0.6 is 0 Å². The Balaban J connectivity index is 2.51. The van der Waals surface area contributed by atoms with Crippen LogP contribution in [-0.2, 0) is 7.05 Å². The van der Waals surface area contributed by atoms with Crippen molar-refractivity contribution in [1.82, 2.24) is 14.8 Å². The van der Waals surface area contributed by atoms with Gasteiger partial charge in [0.2, 0.25) is 0 Å². The third-order valence-electron chi connectivity index (χ3n) is 2.22. The summed E-state index contributed by atoms with van der Waals surface area (Å²) in [5, 5.41) is 4.03. The van der Waals surface area contributed by atoms with Crippen molar-refractivity contribution >= 4 is 11.7 Å². The number of hydrogen-bond donors (Lipinski definition) is 2. The minimum atomic E-state index is -0.587. The van der Waals surface area contributed by atoms with Gasteiger partial charge in [0.15, 0.2) is 0 Å². The smallest absolute Gasteiger partial charge is 0.252 e. The third kappa shape index (κ3) is 1.72. The summed E-state index contributed by atoms with van der Waals surface area (Å²) >= 11 is 0. The van der Waals surface area contributed by atoms with Crippen LogP contribution in [-0.4, -0.2) is 20.7 Å². The van der Waals surface area contributed by atoms with E-state index >= 15 is 0 Å². The minimum Gasteiger partial charge on any atom is -0.383 e. The highest BCUT2D eigenvalue weighted by Crippen LogP contribution is 2.20. The summed E-state index contributed by atoms with van der Waals surface area (Å²) in [6.45, 7) is 0. The first kappa shape index (κ1) is 10.2. The molecule has 0 aliphatic carbocycles. The molecule has 0 aliphatic rings. The van der Waals surface area contributed by atoms with Gasteiger partial charge in [-0.25, -0.2) is 4.98 Å². The SMILES string of the molecule is Cn1cc(-c2cnc(N)c(C(N)=O)c2)cn1. The summed E-state index contributed by atoms with van der Waals surface area (Å²) in [6, 6.07) is 1.61. The van der Waals surface area contributed by atoms with E-state index in [0.717, 1.165) is 11.1 Å². The van der Waals surface area contributed by atoms with Crippen molar-refractivity contribution in [1.29, 1.82) is 0 Å². The van der Waals surface area contributed by atoms with Crippen molar-refractivity contribution in [2.24, 2.45) is 12.8 Å².